The Morgan fingerprint density at radius 3 is 2.67 bits per heavy atom. The maximum absolute atomic E-state index is 13.8. The highest BCUT2D eigenvalue weighted by atomic mass is 19.4. The minimum absolute atomic E-state index is 0.140. The molecule has 1 aliphatic carbocycles. The number of hydrogen-bond donors (Lipinski definition) is 1. The van der Waals surface area contributed by atoms with Crippen molar-refractivity contribution in [3.05, 3.63) is 29.3 Å². The summed E-state index contributed by atoms with van der Waals surface area (Å²) in [5.41, 5.74) is -1.11. The van der Waals surface area contributed by atoms with Crippen LogP contribution in [0.25, 0.3) is 0 Å². The van der Waals surface area contributed by atoms with Crippen LogP contribution in [0.4, 0.5) is 13.2 Å². The second kappa shape index (κ2) is 6.82. The van der Waals surface area contributed by atoms with Crippen molar-refractivity contribution in [1.82, 2.24) is 5.01 Å². The van der Waals surface area contributed by atoms with Crippen molar-refractivity contribution in [3.8, 4) is 5.75 Å². The molecule has 0 unspecified atom stereocenters. The van der Waals surface area contributed by atoms with E-state index in [1.807, 2.05) is 13.8 Å². The number of aryl methyl sites for hydroxylation is 2. The number of hydrazone groups is 1. The average Bonchev–Trinajstić information content (AvgIpc) is 2.91. The summed E-state index contributed by atoms with van der Waals surface area (Å²) < 4.78 is 46.6. The molecule has 0 bridgehead atoms. The van der Waals surface area contributed by atoms with Crippen LogP contribution in [0.1, 0.15) is 37.3 Å². The van der Waals surface area contributed by atoms with Crippen LogP contribution in [0.3, 0.4) is 0 Å². The first kappa shape index (κ1) is 19.7. The summed E-state index contributed by atoms with van der Waals surface area (Å²) >= 11 is 0. The van der Waals surface area contributed by atoms with Gasteiger partial charge in [0.1, 0.15) is 5.75 Å². The fourth-order valence-corrected chi connectivity index (χ4v) is 3.76. The van der Waals surface area contributed by atoms with Crippen molar-refractivity contribution in [2.24, 2.45) is 16.9 Å². The molecular formula is C19H23F3N2O3. The molecule has 1 saturated carbocycles. The maximum atomic E-state index is 13.8. The Morgan fingerprint density at radius 2 is 2.04 bits per heavy atom. The first-order chi connectivity index (χ1) is 12.6. The van der Waals surface area contributed by atoms with E-state index in [4.69, 9.17) is 4.74 Å². The summed E-state index contributed by atoms with van der Waals surface area (Å²) in [5, 5.41) is 14.7. The molecule has 1 N–H and O–H groups in total. The third kappa shape index (κ3) is 3.31. The Balaban J connectivity index is 1.83. The number of ether oxygens (including phenoxy) is 1. The van der Waals surface area contributed by atoms with Gasteiger partial charge in [-0.3, -0.25) is 4.79 Å². The lowest BCUT2D eigenvalue weighted by Gasteiger charge is -2.38. The zero-order valence-electron chi connectivity index (χ0n) is 15.5. The summed E-state index contributed by atoms with van der Waals surface area (Å²) in [6, 6.07) is 5.15. The molecule has 0 aromatic heterocycles. The van der Waals surface area contributed by atoms with E-state index in [1.165, 1.54) is 0 Å². The Kier molecular flexibility index (Phi) is 4.96. The largest absolute Gasteiger partial charge is 0.484 e. The first-order valence-corrected chi connectivity index (χ1v) is 8.96. The fourth-order valence-electron chi connectivity index (χ4n) is 3.76. The molecule has 27 heavy (non-hydrogen) atoms. The van der Waals surface area contributed by atoms with Gasteiger partial charge in [0.05, 0.1) is 5.92 Å². The zero-order valence-corrected chi connectivity index (χ0v) is 15.5. The van der Waals surface area contributed by atoms with E-state index in [1.54, 1.807) is 25.1 Å². The van der Waals surface area contributed by atoms with Crippen LogP contribution < -0.4 is 4.74 Å². The summed E-state index contributed by atoms with van der Waals surface area (Å²) in [7, 11) is 0. The third-order valence-corrected chi connectivity index (χ3v) is 5.51. The Labute approximate surface area is 155 Å². The van der Waals surface area contributed by atoms with Crippen molar-refractivity contribution in [2.75, 3.05) is 6.61 Å². The zero-order chi connectivity index (χ0) is 20.0. The topological polar surface area (TPSA) is 62.1 Å². The van der Waals surface area contributed by atoms with Gasteiger partial charge in [0.15, 0.2) is 6.61 Å². The Bertz CT molecular complexity index is 778. The maximum Gasteiger partial charge on any atom is 0.439 e. The van der Waals surface area contributed by atoms with Gasteiger partial charge >= 0.3 is 6.18 Å². The Hall–Kier alpha value is -2.09. The van der Waals surface area contributed by atoms with Crippen LogP contribution in [0, 0.1) is 25.7 Å². The van der Waals surface area contributed by atoms with E-state index in [2.05, 4.69) is 5.10 Å². The normalized spacial score (nSPS) is 28.0. The van der Waals surface area contributed by atoms with Crippen molar-refractivity contribution >= 4 is 11.6 Å². The van der Waals surface area contributed by atoms with Crippen LogP contribution in [0.15, 0.2) is 23.3 Å². The minimum atomic E-state index is -5.02. The molecule has 148 valence electrons. The molecule has 1 heterocycles. The molecule has 1 aromatic rings. The summed E-state index contributed by atoms with van der Waals surface area (Å²) in [6.07, 6.45) is -3.65. The Morgan fingerprint density at radius 1 is 1.33 bits per heavy atom. The number of benzene rings is 1. The van der Waals surface area contributed by atoms with Crippen LogP contribution in [0.5, 0.6) is 5.75 Å². The van der Waals surface area contributed by atoms with Gasteiger partial charge in [0.2, 0.25) is 0 Å². The monoisotopic (exact) mass is 384 g/mol. The van der Waals surface area contributed by atoms with Gasteiger partial charge < -0.3 is 9.84 Å². The predicted molar refractivity (Wildman–Crippen MR) is 93.2 cm³/mol. The van der Waals surface area contributed by atoms with Crippen LogP contribution in [-0.4, -0.2) is 40.2 Å². The van der Waals surface area contributed by atoms with Crippen LogP contribution in [-0.2, 0) is 4.79 Å². The number of amides is 1. The molecule has 1 aromatic carbocycles. The first-order valence-electron chi connectivity index (χ1n) is 8.96. The van der Waals surface area contributed by atoms with Gasteiger partial charge in [-0.15, -0.1) is 0 Å². The van der Waals surface area contributed by atoms with Crippen molar-refractivity contribution in [3.63, 3.8) is 0 Å². The lowest BCUT2D eigenvalue weighted by Crippen LogP contribution is -2.62. The van der Waals surface area contributed by atoms with E-state index >= 15 is 0 Å². The lowest BCUT2D eigenvalue weighted by atomic mass is 9.75. The predicted octanol–water partition coefficient (Wildman–Crippen LogP) is 3.57. The van der Waals surface area contributed by atoms with Gasteiger partial charge in [-0.1, -0.05) is 19.4 Å². The average molecular weight is 384 g/mol. The molecule has 3 rings (SSSR count). The molecule has 2 aliphatic rings. The summed E-state index contributed by atoms with van der Waals surface area (Å²) in [5.74, 6) is -2.09. The molecular weight excluding hydrogens is 361 g/mol. The van der Waals surface area contributed by atoms with E-state index in [0.717, 1.165) is 11.1 Å². The second-order valence-electron chi connectivity index (χ2n) is 7.37. The molecule has 1 fully saturated rings. The van der Waals surface area contributed by atoms with E-state index in [0.29, 0.717) is 18.6 Å². The van der Waals surface area contributed by atoms with Gasteiger partial charge in [0, 0.05) is 5.71 Å². The second-order valence-corrected chi connectivity index (χ2v) is 7.37. The highest BCUT2D eigenvalue weighted by Gasteiger charge is 2.69. The molecule has 3 atom stereocenters. The van der Waals surface area contributed by atoms with Crippen LogP contribution in [0.2, 0.25) is 0 Å². The van der Waals surface area contributed by atoms with E-state index in [-0.39, 0.29) is 23.1 Å². The summed E-state index contributed by atoms with van der Waals surface area (Å²) in [6.45, 7) is 4.90. The highest BCUT2D eigenvalue weighted by Crippen LogP contribution is 2.49. The molecule has 0 radical (unpaired) electrons. The number of halogens is 3. The van der Waals surface area contributed by atoms with Gasteiger partial charge in [0.25, 0.3) is 11.6 Å². The smallest absolute Gasteiger partial charge is 0.439 e. The minimum Gasteiger partial charge on any atom is -0.484 e. The number of nitrogens with zero attached hydrogens (tertiary/aromatic N) is 2. The van der Waals surface area contributed by atoms with Crippen molar-refractivity contribution < 1.29 is 27.8 Å². The molecule has 1 amide bonds. The SMILES string of the molecule is Cc1ccc(OCC(=O)N2N=C3[C@H](C)CCC[C@@H]3[C@]2(O)C(F)(F)F)cc1C. The quantitative estimate of drug-likeness (QED) is 0.867. The molecule has 0 spiro atoms. The van der Waals surface area contributed by atoms with Gasteiger partial charge in [-0.25, -0.2) is 0 Å². The number of fused-ring (bicyclic) bond motifs is 1. The van der Waals surface area contributed by atoms with E-state index in [9.17, 15) is 23.1 Å². The number of alkyl halides is 3. The van der Waals surface area contributed by atoms with E-state index < -0.39 is 30.3 Å². The number of rotatable bonds is 3. The molecule has 5 nitrogen and oxygen atoms in total. The molecule has 8 heteroatoms. The summed E-state index contributed by atoms with van der Waals surface area (Å²) in [4.78, 5) is 12.5. The number of hydrogen-bond acceptors (Lipinski definition) is 4. The highest BCUT2D eigenvalue weighted by molar-refractivity contribution is 5.95. The van der Waals surface area contributed by atoms with Crippen molar-refractivity contribution in [2.45, 2.75) is 51.9 Å². The third-order valence-electron chi connectivity index (χ3n) is 5.51. The fraction of sp³-hybridized carbons (Fsp3) is 0.579. The lowest BCUT2D eigenvalue weighted by molar-refractivity contribution is -0.317. The number of carbonyl (C=O) groups excluding carboxylic acids is 1. The molecule has 1 aliphatic heterocycles. The number of aliphatic hydroxyl groups is 1. The van der Waals surface area contributed by atoms with Crippen molar-refractivity contribution in [1.29, 1.82) is 0 Å². The van der Waals surface area contributed by atoms with Gasteiger partial charge in [-0.05, 0) is 55.9 Å². The van der Waals surface area contributed by atoms with Gasteiger partial charge in [-0.2, -0.15) is 23.3 Å². The molecule has 0 saturated heterocycles. The van der Waals surface area contributed by atoms with Crippen LogP contribution >= 0.6 is 0 Å². The standard InChI is InChI=1S/C19H23F3N2O3/c1-11-7-8-14(9-13(11)3)27-10-16(25)24-18(26,19(20,21)22)15-6-4-5-12(2)17(15)23-24/h7-9,12,15,26H,4-6,10H2,1-3H3/t12-,15+,18+/m1/s1. The number of carbonyl (C=O) groups is 1.